The molecule has 4 rings (SSSR count). The zero-order valence-electron chi connectivity index (χ0n) is 17.4. The molecule has 0 unspecified atom stereocenters. The monoisotopic (exact) mass is 413 g/mol. The van der Waals surface area contributed by atoms with Gasteiger partial charge in [-0.3, -0.25) is 9.78 Å². The number of aromatic nitrogens is 3. The smallest absolute Gasteiger partial charge is 0.243 e. The number of nitrogens with zero attached hydrogens (tertiary/aromatic N) is 4. The molecule has 156 valence electrons. The maximum atomic E-state index is 12.8. The molecule has 4 aromatic rings. The zero-order valence-corrected chi connectivity index (χ0v) is 17.4. The van der Waals surface area contributed by atoms with E-state index in [2.05, 4.69) is 10.3 Å². The maximum Gasteiger partial charge on any atom is 0.243 e. The lowest BCUT2D eigenvalue weighted by Crippen LogP contribution is -2.34. The molecule has 0 bridgehead atoms. The summed E-state index contributed by atoms with van der Waals surface area (Å²) in [4.78, 5) is 28.4. The molecule has 0 aliphatic rings. The number of methoxy groups -OCH3 is 1. The summed E-state index contributed by atoms with van der Waals surface area (Å²) >= 11 is 0. The molecule has 0 atom stereocenters. The molecule has 0 fully saturated rings. The maximum absolute atomic E-state index is 12.8. The van der Waals surface area contributed by atoms with Crippen LogP contribution in [0.1, 0.15) is 6.92 Å². The summed E-state index contributed by atoms with van der Waals surface area (Å²) in [6.45, 7) is 2.76. The van der Waals surface area contributed by atoms with Crippen LogP contribution in [0.15, 0.2) is 73.1 Å². The Hall–Kier alpha value is -4.00. The van der Waals surface area contributed by atoms with Gasteiger partial charge in [-0.25, -0.2) is 9.97 Å². The molecule has 0 saturated heterocycles. The van der Waals surface area contributed by atoms with Gasteiger partial charge in [0.1, 0.15) is 11.6 Å². The zero-order chi connectivity index (χ0) is 21.6. The standard InChI is InChI=1S/C24H23N5O2/c1-3-29(16-22(30)26-18-9-6-10-19(14-18)31-2)24-20-11-4-5-12-21(20)27-23(28-24)17-8-7-13-25-15-17/h4-15H,3,16H2,1-2H3,(H,26,30). The Bertz CT molecular complexity index is 1200. The minimum atomic E-state index is -0.138. The first-order valence-corrected chi connectivity index (χ1v) is 10.0. The summed E-state index contributed by atoms with van der Waals surface area (Å²) in [5.41, 5.74) is 2.33. The van der Waals surface area contributed by atoms with Crippen molar-refractivity contribution in [3.63, 3.8) is 0 Å². The number of rotatable bonds is 7. The van der Waals surface area contributed by atoms with Crippen LogP contribution in [0, 0.1) is 0 Å². The molecule has 0 radical (unpaired) electrons. The number of nitrogens with one attached hydrogen (secondary N) is 1. The highest BCUT2D eigenvalue weighted by Gasteiger charge is 2.17. The first-order valence-electron chi connectivity index (χ1n) is 10.0. The van der Waals surface area contributed by atoms with Crippen molar-refractivity contribution in [1.29, 1.82) is 0 Å². The van der Waals surface area contributed by atoms with Crippen molar-refractivity contribution in [3.05, 3.63) is 73.1 Å². The highest BCUT2D eigenvalue weighted by molar-refractivity contribution is 5.97. The van der Waals surface area contributed by atoms with Gasteiger partial charge in [-0.15, -0.1) is 0 Å². The van der Waals surface area contributed by atoms with Crippen molar-refractivity contribution in [2.45, 2.75) is 6.92 Å². The van der Waals surface area contributed by atoms with Crippen LogP contribution in [0.5, 0.6) is 5.75 Å². The molecule has 7 heteroatoms. The van der Waals surface area contributed by atoms with Gasteiger partial charge < -0.3 is 15.0 Å². The number of carbonyl (C=O) groups is 1. The van der Waals surface area contributed by atoms with Crippen LogP contribution < -0.4 is 15.0 Å². The molecular weight excluding hydrogens is 390 g/mol. The molecule has 7 nitrogen and oxygen atoms in total. The van der Waals surface area contributed by atoms with E-state index in [4.69, 9.17) is 14.7 Å². The first kappa shape index (κ1) is 20.3. The number of carbonyl (C=O) groups excluding carboxylic acids is 1. The number of benzene rings is 2. The third kappa shape index (κ3) is 4.61. The fourth-order valence-corrected chi connectivity index (χ4v) is 3.34. The second-order valence-electron chi connectivity index (χ2n) is 6.92. The number of anilines is 2. The summed E-state index contributed by atoms with van der Waals surface area (Å²) in [6, 6.07) is 18.9. The average molecular weight is 413 g/mol. The van der Waals surface area contributed by atoms with Crippen LogP contribution in [0.4, 0.5) is 11.5 Å². The Balaban J connectivity index is 1.65. The number of pyridine rings is 1. The number of hydrogen-bond acceptors (Lipinski definition) is 6. The fraction of sp³-hybridized carbons (Fsp3) is 0.167. The lowest BCUT2D eigenvalue weighted by atomic mass is 10.2. The third-order valence-corrected chi connectivity index (χ3v) is 4.87. The molecule has 1 amide bonds. The van der Waals surface area contributed by atoms with E-state index in [0.717, 1.165) is 16.5 Å². The Morgan fingerprint density at radius 1 is 1.06 bits per heavy atom. The summed E-state index contributed by atoms with van der Waals surface area (Å²) in [5.74, 6) is 1.84. The summed E-state index contributed by atoms with van der Waals surface area (Å²) < 4.78 is 5.23. The normalized spacial score (nSPS) is 10.6. The molecule has 1 N–H and O–H groups in total. The fourth-order valence-electron chi connectivity index (χ4n) is 3.34. The molecule has 0 saturated carbocycles. The van der Waals surface area contributed by atoms with E-state index in [1.807, 2.05) is 66.4 Å². The molecular formula is C24H23N5O2. The van der Waals surface area contributed by atoms with Crippen molar-refractivity contribution in [2.24, 2.45) is 0 Å². The Kier molecular flexibility index (Phi) is 6.03. The van der Waals surface area contributed by atoms with Crippen LogP contribution in [-0.4, -0.2) is 41.1 Å². The number of ether oxygens (including phenoxy) is 1. The van der Waals surface area contributed by atoms with Crippen LogP contribution in [0.25, 0.3) is 22.3 Å². The molecule has 2 aromatic heterocycles. The molecule has 2 aromatic carbocycles. The minimum Gasteiger partial charge on any atom is -0.497 e. The van der Waals surface area contributed by atoms with E-state index >= 15 is 0 Å². The van der Waals surface area contributed by atoms with Crippen molar-refractivity contribution >= 4 is 28.3 Å². The van der Waals surface area contributed by atoms with Crippen LogP contribution in [0.3, 0.4) is 0 Å². The van der Waals surface area contributed by atoms with E-state index in [-0.39, 0.29) is 12.5 Å². The average Bonchev–Trinajstić information content (AvgIpc) is 2.82. The van der Waals surface area contributed by atoms with Crippen LogP contribution in [0.2, 0.25) is 0 Å². The summed E-state index contributed by atoms with van der Waals surface area (Å²) in [6.07, 6.45) is 3.45. The van der Waals surface area contributed by atoms with E-state index in [1.165, 1.54) is 0 Å². The molecule has 0 spiro atoms. The number of fused-ring (bicyclic) bond motifs is 1. The van der Waals surface area contributed by atoms with Gasteiger partial charge in [0.15, 0.2) is 5.82 Å². The number of likely N-dealkylation sites (N-methyl/N-ethyl adjacent to an activating group) is 1. The predicted molar refractivity (Wildman–Crippen MR) is 122 cm³/mol. The lowest BCUT2D eigenvalue weighted by Gasteiger charge is -2.23. The quantitative estimate of drug-likeness (QED) is 0.490. The summed E-state index contributed by atoms with van der Waals surface area (Å²) in [7, 11) is 1.60. The first-order chi connectivity index (χ1) is 15.2. The Morgan fingerprint density at radius 2 is 1.94 bits per heavy atom. The largest absolute Gasteiger partial charge is 0.497 e. The highest BCUT2D eigenvalue weighted by atomic mass is 16.5. The van der Waals surface area contributed by atoms with E-state index in [1.54, 1.807) is 25.6 Å². The van der Waals surface area contributed by atoms with Gasteiger partial charge in [0, 0.05) is 41.6 Å². The molecule has 31 heavy (non-hydrogen) atoms. The molecule has 2 heterocycles. The van der Waals surface area contributed by atoms with Crippen LogP contribution >= 0.6 is 0 Å². The van der Waals surface area contributed by atoms with Gasteiger partial charge in [-0.2, -0.15) is 0 Å². The van der Waals surface area contributed by atoms with Crippen LogP contribution in [-0.2, 0) is 4.79 Å². The van der Waals surface area contributed by atoms with Gasteiger partial charge >= 0.3 is 0 Å². The number of para-hydroxylation sites is 1. The molecule has 0 aliphatic carbocycles. The van der Waals surface area contributed by atoms with Gasteiger partial charge in [0.05, 0.1) is 19.2 Å². The molecule has 0 aliphatic heterocycles. The van der Waals surface area contributed by atoms with Gasteiger partial charge in [0.25, 0.3) is 0 Å². The second-order valence-corrected chi connectivity index (χ2v) is 6.92. The second kappa shape index (κ2) is 9.21. The van der Waals surface area contributed by atoms with Crippen molar-refractivity contribution in [1.82, 2.24) is 15.0 Å². The summed E-state index contributed by atoms with van der Waals surface area (Å²) in [5, 5.41) is 3.83. The van der Waals surface area contributed by atoms with Gasteiger partial charge in [-0.1, -0.05) is 18.2 Å². The topological polar surface area (TPSA) is 80.2 Å². The van der Waals surface area contributed by atoms with Crippen molar-refractivity contribution in [3.8, 4) is 17.1 Å². The Labute approximate surface area is 180 Å². The third-order valence-electron chi connectivity index (χ3n) is 4.87. The van der Waals surface area contributed by atoms with Crippen molar-refractivity contribution in [2.75, 3.05) is 30.4 Å². The highest BCUT2D eigenvalue weighted by Crippen LogP contribution is 2.27. The van der Waals surface area contributed by atoms with Gasteiger partial charge in [0.2, 0.25) is 5.91 Å². The SMILES string of the molecule is CCN(CC(=O)Nc1cccc(OC)c1)c1nc(-c2cccnc2)nc2ccccc12. The number of amides is 1. The Morgan fingerprint density at radius 3 is 2.71 bits per heavy atom. The minimum absolute atomic E-state index is 0.138. The van der Waals surface area contributed by atoms with E-state index in [9.17, 15) is 4.79 Å². The van der Waals surface area contributed by atoms with E-state index in [0.29, 0.717) is 29.6 Å². The van der Waals surface area contributed by atoms with Crippen molar-refractivity contribution < 1.29 is 9.53 Å². The van der Waals surface area contributed by atoms with E-state index < -0.39 is 0 Å². The number of hydrogen-bond donors (Lipinski definition) is 1. The van der Waals surface area contributed by atoms with Gasteiger partial charge in [-0.05, 0) is 43.3 Å². The predicted octanol–water partition coefficient (Wildman–Crippen LogP) is 4.17. The lowest BCUT2D eigenvalue weighted by molar-refractivity contribution is -0.115.